The van der Waals surface area contributed by atoms with E-state index in [0.29, 0.717) is 13.1 Å². The molecule has 2 aliphatic rings. The van der Waals surface area contributed by atoms with Crippen LogP contribution in [0.3, 0.4) is 0 Å². The van der Waals surface area contributed by atoms with Crippen molar-refractivity contribution in [2.24, 2.45) is 0 Å². The summed E-state index contributed by atoms with van der Waals surface area (Å²) in [6.07, 6.45) is 5.73. The summed E-state index contributed by atoms with van der Waals surface area (Å²) in [5.74, 6) is 0.188. The summed E-state index contributed by atoms with van der Waals surface area (Å²) in [5, 5.41) is 4.15. The predicted octanol–water partition coefficient (Wildman–Crippen LogP) is 2.30. The molecule has 150 valence electrons. The average Bonchev–Trinajstić information content (AvgIpc) is 3.44. The third kappa shape index (κ3) is 3.78. The van der Waals surface area contributed by atoms with Crippen molar-refractivity contribution in [3.8, 4) is 0 Å². The fraction of sp³-hybridized carbons (Fsp3) is 0.545. The second kappa shape index (κ2) is 8.35. The zero-order valence-corrected chi connectivity index (χ0v) is 16.6. The lowest BCUT2D eigenvalue weighted by molar-refractivity contribution is -0.144. The first-order chi connectivity index (χ1) is 13.7. The van der Waals surface area contributed by atoms with Crippen molar-refractivity contribution in [1.29, 1.82) is 0 Å². The summed E-state index contributed by atoms with van der Waals surface area (Å²) in [7, 11) is 1.77. The number of carbonyl (C=O) groups is 2. The van der Waals surface area contributed by atoms with Gasteiger partial charge in [-0.3, -0.25) is 9.59 Å². The Balaban J connectivity index is 1.39. The third-order valence-corrected chi connectivity index (χ3v) is 6.18. The molecule has 2 N–H and O–H groups in total. The van der Waals surface area contributed by atoms with Gasteiger partial charge in [-0.2, -0.15) is 0 Å². The second-order valence-electron chi connectivity index (χ2n) is 8.02. The highest BCUT2D eigenvalue weighted by Gasteiger charge is 2.39. The topological polar surface area (TPSA) is 68.4 Å². The van der Waals surface area contributed by atoms with E-state index in [0.717, 1.165) is 45.1 Å². The number of carbonyl (C=O) groups excluding carboxylic acids is 2. The van der Waals surface area contributed by atoms with Gasteiger partial charge >= 0.3 is 0 Å². The highest BCUT2D eigenvalue weighted by Crippen LogP contribution is 2.27. The van der Waals surface area contributed by atoms with Gasteiger partial charge in [0, 0.05) is 30.3 Å². The van der Waals surface area contributed by atoms with Gasteiger partial charge in [0.1, 0.15) is 6.04 Å². The lowest BCUT2D eigenvalue weighted by Crippen LogP contribution is -2.50. The molecule has 3 heterocycles. The third-order valence-electron chi connectivity index (χ3n) is 6.18. The van der Waals surface area contributed by atoms with Gasteiger partial charge in [-0.1, -0.05) is 18.2 Å². The van der Waals surface area contributed by atoms with Crippen LogP contribution >= 0.6 is 0 Å². The first kappa shape index (κ1) is 19.0. The number of nitrogens with zero attached hydrogens (tertiary/aromatic N) is 2. The predicted molar refractivity (Wildman–Crippen MR) is 110 cm³/mol. The van der Waals surface area contributed by atoms with Gasteiger partial charge in [-0.15, -0.1) is 0 Å². The molecule has 0 unspecified atom stereocenters. The van der Waals surface area contributed by atoms with Crippen molar-refractivity contribution >= 4 is 22.7 Å². The van der Waals surface area contributed by atoms with Crippen LogP contribution in [0.2, 0.25) is 0 Å². The minimum absolute atomic E-state index is 0.0344. The van der Waals surface area contributed by atoms with Gasteiger partial charge in [0.15, 0.2) is 0 Å². The Bertz CT molecular complexity index is 813. The number of fused-ring (bicyclic) bond motifs is 1. The summed E-state index contributed by atoms with van der Waals surface area (Å²) in [6, 6.07) is 10.5. The molecular formula is C22H30N4O2. The molecule has 0 saturated carbocycles. The number of H-pyrrole nitrogens is 1. The maximum absolute atomic E-state index is 13.2. The van der Waals surface area contributed by atoms with Gasteiger partial charge in [0.25, 0.3) is 0 Å². The molecule has 2 aliphatic heterocycles. The van der Waals surface area contributed by atoms with E-state index in [1.54, 1.807) is 11.9 Å². The molecule has 0 radical (unpaired) electrons. The summed E-state index contributed by atoms with van der Waals surface area (Å²) >= 11 is 0. The Morgan fingerprint density at radius 1 is 1.14 bits per heavy atom. The average molecular weight is 383 g/mol. The number of hydrogen-bond acceptors (Lipinski definition) is 3. The normalized spacial score (nSPS) is 22.3. The van der Waals surface area contributed by atoms with Crippen LogP contribution in [-0.2, 0) is 16.0 Å². The van der Waals surface area contributed by atoms with E-state index in [-0.39, 0.29) is 23.9 Å². The number of likely N-dealkylation sites (tertiary alicyclic amines) is 2. The number of benzene rings is 1. The minimum atomic E-state index is -0.269. The van der Waals surface area contributed by atoms with Crippen molar-refractivity contribution in [1.82, 2.24) is 20.1 Å². The molecule has 6 heteroatoms. The highest BCUT2D eigenvalue weighted by atomic mass is 16.2. The fourth-order valence-electron chi connectivity index (χ4n) is 4.78. The molecule has 4 rings (SSSR count). The SMILES string of the molecule is CNCC(=O)N1CCC[C@@H]1C(=O)N1CCC[C@H]1CCc1cc2ccccc2[nH]1. The van der Waals surface area contributed by atoms with Gasteiger partial charge in [0.2, 0.25) is 11.8 Å². The number of rotatable bonds is 6. The summed E-state index contributed by atoms with van der Waals surface area (Å²) in [6.45, 7) is 1.82. The van der Waals surface area contributed by atoms with E-state index in [4.69, 9.17) is 0 Å². The number of aromatic nitrogens is 1. The number of amides is 2. The Morgan fingerprint density at radius 3 is 2.75 bits per heavy atom. The van der Waals surface area contributed by atoms with Crippen LogP contribution in [-0.4, -0.2) is 65.4 Å². The molecular weight excluding hydrogens is 352 g/mol. The second-order valence-corrected chi connectivity index (χ2v) is 8.02. The van der Waals surface area contributed by atoms with E-state index in [1.165, 1.54) is 16.6 Å². The van der Waals surface area contributed by atoms with Crippen LogP contribution in [0.1, 0.15) is 37.8 Å². The number of likely N-dealkylation sites (N-methyl/N-ethyl adjacent to an activating group) is 1. The lowest BCUT2D eigenvalue weighted by atomic mass is 10.1. The number of aromatic amines is 1. The number of hydrogen-bond donors (Lipinski definition) is 2. The number of nitrogens with one attached hydrogen (secondary N) is 2. The maximum Gasteiger partial charge on any atom is 0.245 e. The van der Waals surface area contributed by atoms with Crippen LogP contribution in [0.5, 0.6) is 0 Å². The molecule has 28 heavy (non-hydrogen) atoms. The molecule has 1 aromatic carbocycles. The summed E-state index contributed by atoms with van der Waals surface area (Å²) < 4.78 is 0. The zero-order chi connectivity index (χ0) is 19.5. The van der Waals surface area contributed by atoms with E-state index in [9.17, 15) is 9.59 Å². The van der Waals surface area contributed by atoms with E-state index in [1.807, 2.05) is 6.07 Å². The fourth-order valence-corrected chi connectivity index (χ4v) is 4.78. The van der Waals surface area contributed by atoms with Crippen LogP contribution in [0, 0.1) is 0 Å². The van der Waals surface area contributed by atoms with Gasteiger partial charge in [-0.25, -0.2) is 0 Å². The molecule has 2 atom stereocenters. The Labute approximate surface area is 166 Å². The van der Waals surface area contributed by atoms with Crippen molar-refractivity contribution in [3.63, 3.8) is 0 Å². The van der Waals surface area contributed by atoms with Gasteiger partial charge < -0.3 is 20.1 Å². The van der Waals surface area contributed by atoms with E-state index in [2.05, 4.69) is 39.5 Å². The largest absolute Gasteiger partial charge is 0.358 e. The molecule has 2 aromatic rings. The molecule has 2 amide bonds. The van der Waals surface area contributed by atoms with E-state index < -0.39 is 0 Å². The maximum atomic E-state index is 13.2. The Morgan fingerprint density at radius 2 is 1.93 bits per heavy atom. The summed E-state index contributed by atoms with van der Waals surface area (Å²) in [5.41, 5.74) is 2.40. The smallest absolute Gasteiger partial charge is 0.245 e. The molecule has 0 spiro atoms. The Kier molecular flexibility index (Phi) is 5.67. The molecule has 0 aliphatic carbocycles. The molecule has 2 fully saturated rings. The summed E-state index contributed by atoms with van der Waals surface area (Å²) in [4.78, 5) is 32.9. The van der Waals surface area contributed by atoms with Crippen LogP contribution < -0.4 is 5.32 Å². The quantitative estimate of drug-likeness (QED) is 0.806. The number of para-hydroxylation sites is 1. The standard InChI is InChI=1S/C22H30N4O2/c1-23-15-21(27)26-13-5-9-20(26)22(28)25-12-4-7-18(25)11-10-17-14-16-6-2-3-8-19(16)24-17/h2-3,6,8,14,18,20,23-24H,4-5,7,9-13,15H2,1H3/t18-,20+/m0/s1. The molecule has 6 nitrogen and oxygen atoms in total. The minimum Gasteiger partial charge on any atom is -0.358 e. The molecule has 2 saturated heterocycles. The van der Waals surface area contributed by atoms with Gasteiger partial charge in [0.05, 0.1) is 6.54 Å². The first-order valence-corrected chi connectivity index (χ1v) is 10.5. The Hall–Kier alpha value is -2.34. The highest BCUT2D eigenvalue weighted by molar-refractivity contribution is 5.89. The molecule has 0 bridgehead atoms. The van der Waals surface area contributed by atoms with Crippen molar-refractivity contribution in [2.75, 3.05) is 26.7 Å². The van der Waals surface area contributed by atoms with Crippen molar-refractivity contribution in [3.05, 3.63) is 36.0 Å². The first-order valence-electron chi connectivity index (χ1n) is 10.5. The molecule has 1 aromatic heterocycles. The lowest BCUT2D eigenvalue weighted by Gasteiger charge is -2.31. The van der Waals surface area contributed by atoms with Crippen molar-refractivity contribution < 1.29 is 9.59 Å². The van der Waals surface area contributed by atoms with E-state index >= 15 is 0 Å². The van der Waals surface area contributed by atoms with Crippen LogP contribution in [0.15, 0.2) is 30.3 Å². The zero-order valence-electron chi connectivity index (χ0n) is 16.6. The van der Waals surface area contributed by atoms with Crippen LogP contribution in [0.25, 0.3) is 10.9 Å². The monoisotopic (exact) mass is 382 g/mol. The van der Waals surface area contributed by atoms with Crippen LogP contribution in [0.4, 0.5) is 0 Å². The number of aryl methyl sites for hydroxylation is 1. The van der Waals surface area contributed by atoms with Crippen molar-refractivity contribution in [2.45, 2.75) is 50.6 Å². The van der Waals surface area contributed by atoms with Gasteiger partial charge in [-0.05, 0) is 63.1 Å².